The maximum atomic E-state index is 14.5. The van der Waals surface area contributed by atoms with E-state index in [2.05, 4.69) is 42.2 Å². The minimum Gasteiger partial charge on any atom is -0.508 e. The number of carboxylic acid groups (broad SMARTS) is 1. The predicted octanol–water partition coefficient (Wildman–Crippen LogP) is -3.38. The molecule has 27 nitrogen and oxygen atoms in total. The number of carboxylic acids is 1. The van der Waals surface area contributed by atoms with Crippen LogP contribution in [0.5, 0.6) is 5.75 Å². The van der Waals surface area contributed by atoms with E-state index in [0.29, 0.717) is 34.0 Å². The van der Waals surface area contributed by atoms with Crippen molar-refractivity contribution in [2.75, 3.05) is 13.2 Å². The van der Waals surface area contributed by atoms with E-state index in [1.54, 1.807) is 60.8 Å². The molecule has 18 N–H and O–H groups in total. The highest BCUT2D eigenvalue weighted by molar-refractivity contribution is 5.99. The lowest BCUT2D eigenvalue weighted by atomic mass is 10.0. The number of hydrogen-bond donors (Lipinski definition) is 15. The molecule has 0 radical (unpaired) electrons. The quantitative estimate of drug-likeness (QED) is 0.0242. The lowest BCUT2D eigenvalue weighted by molar-refractivity contribution is -0.145. The first-order chi connectivity index (χ1) is 38.4. The number of aliphatic hydroxyl groups excluding tert-OH is 2. The molecule has 0 aliphatic carbocycles. The molecule has 27 heteroatoms. The zero-order valence-corrected chi connectivity index (χ0v) is 44.6. The number of carbonyl (C=O) groups is 11. The minimum absolute atomic E-state index is 0.0331. The van der Waals surface area contributed by atoms with Crippen LogP contribution in [-0.2, 0) is 72.0 Å². The summed E-state index contributed by atoms with van der Waals surface area (Å²) in [6, 6.07) is 7.84. The van der Waals surface area contributed by atoms with Crippen LogP contribution in [0.2, 0.25) is 0 Å². The Bertz CT molecular complexity index is 2900. The molecule has 81 heavy (non-hydrogen) atoms. The monoisotopic (exact) mass is 1130 g/mol. The Morgan fingerprint density at radius 3 is 1.75 bits per heavy atom. The van der Waals surface area contributed by atoms with Gasteiger partial charge >= 0.3 is 5.97 Å². The van der Waals surface area contributed by atoms with Crippen LogP contribution in [-0.4, -0.2) is 169 Å². The fraction of sp³-hybridized carbons (Fsp3) is 0.426. The molecule has 1 aromatic heterocycles. The number of nitrogens with one attached hydrogen (secondary N) is 8. The van der Waals surface area contributed by atoms with E-state index in [0.717, 1.165) is 6.92 Å². The average molecular weight is 1130 g/mol. The van der Waals surface area contributed by atoms with Crippen molar-refractivity contribution in [3.05, 3.63) is 102 Å². The molecule has 0 unspecified atom stereocenters. The Kier molecular flexibility index (Phi) is 23.2. The van der Waals surface area contributed by atoms with Crippen LogP contribution in [0, 0.1) is 0 Å². The van der Waals surface area contributed by atoms with Gasteiger partial charge in [0.15, 0.2) is 6.04 Å². The second-order valence-electron chi connectivity index (χ2n) is 19.7. The molecule has 1 saturated heterocycles. The van der Waals surface area contributed by atoms with Gasteiger partial charge in [0, 0.05) is 55.7 Å². The second-order valence-corrected chi connectivity index (χ2v) is 19.7. The summed E-state index contributed by atoms with van der Waals surface area (Å²) in [6.07, 6.45) is -1.17. The Balaban J connectivity index is 1.34. The topological polar surface area (TPSA) is 450 Å². The lowest BCUT2D eigenvalue weighted by Crippen LogP contribution is -2.61. The summed E-state index contributed by atoms with van der Waals surface area (Å²) in [4.78, 5) is 151. The molecule has 3 aromatic carbocycles. The summed E-state index contributed by atoms with van der Waals surface area (Å²) < 4.78 is 0. The molecule has 10 amide bonds. The largest absolute Gasteiger partial charge is 0.508 e. The molecule has 1 aliphatic rings. The highest BCUT2D eigenvalue weighted by atomic mass is 16.4. The van der Waals surface area contributed by atoms with Crippen LogP contribution >= 0.6 is 0 Å². The first-order valence-electron chi connectivity index (χ1n) is 26.1. The average Bonchev–Trinajstić information content (AvgIpc) is 4.15. The van der Waals surface area contributed by atoms with Gasteiger partial charge in [0.05, 0.1) is 18.8 Å². The van der Waals surface area contributed by atoms with Crippen LogP contribution < -0.4 is 54.4 Å². The number of aromatic hydroxyl groups is 1. The van der Waals surface area contributed by atoms with Crippen LogP contribution in [0.3, 0.4) is 0 Å². The Morgan fingerprint density at radius 2 is 1.15 bits per heavy atom. The van der Waals surface area contributed by atoms with E-state index < -0.39 is 132 Å². The third kappa shape index (κ3) is 18.6. The number of para-hydroxylation sites is 1. The number of H-pyrrole nitrogens is 1. The molecule has 0 saturated carbocycles. The molecule has 1 fully saturated rings. The van der Waals surface area contributed by atoms with E-state index >= 15 is 0 Å². The molecule has 10 atom stereocenters. The molecular formula is C54H70N12O15. The number of primary amides is 2. The van der Waals surface area contributed by atoms with Crippen molar-refractivity contribution in [2.24, 2.45) is 17.2 Å². The maximum absolute atomic E-state index is 14.5. The van der Waals surface area contributed by atoms with Crippen LogP contribution in [0.25, 0.3) is 10.9 Å². The summed E-state index contributed by atoms with van der Waals surface area (Å²) in [5, 5.41) is 58.0. The number of aliphatic carboxylic acids is 1. The number of carbonyl (C=O) groups excluding carboxylic acids is 10. The van der Waals surface area contributed by atoms with E-state index in [-0.39, 0.29) is 63.7 Å². The number of aromatic nitrogens is 1. The van der Waals surface area contributed by atoms with Crippen LogP contribution in [0.4, 0.5) is 0 Å². The first-order valence-corrected chi connectivity index (χ1v) is 26.1. The molecule has 1 aliphatic heterocycles. The summed E-state index contributed by atoms with van der Waals surface area (Å²) in [5.41, 5.74) is 18.7. The van der Waals surface area contributed by atoms with Gasteiger partial charge in [-0.2, -0.15) is 0 Å². The summed E-state index contributed by atoms with van der Waals surface area (Å²) in [7, 11) is 0. The molecule has 436 valence electrons. The van der Waals surface area contributed by atoms with Crippen molar-refractivity contribution in [2.45, 2.75) is 132 Å². The Hall–Kier alpha value is -8.95. The lowest BCUT2D eigenvalue weighted by Gasteiger charge is -2.30. The van der Waals surface area contributed by atoms with Gasteiger partial charge in [-0.3, -0.25) is 47.9 Å². The number of phenols is 1. The normalized spacial score (nSPS) is 16.4. The number of aliphatic hydroxyl groups is 2. The standard InChI is InChI=1S/C54H70N12O15/c1-28(53(79)66-22-8-13-42(66)52(78)63-39(24-31-14-16-33(69)17-15-31)50(76)65-45(29(2)68)54(80)81)59-51(77)41(27-67)64-49(75)40(25-32-26-58-36-12-7-6-11-34(32)36)62-48(74)38(23-30-9-4-3-5-10-30)61-47(73)37(19-21-44(57)71)60-46(72)35(55)18-20-43(56)70/h3-7,9-12,14-17,26,28-29,35,37-42,45,58,67-69H,8,13,18-25,27,55H2,1-2H3,(H2,56,70)(H2,57,71)(H,59,77)(H,60,72)(H,61,73)(H,62,74)(H,63,78)(H,64,75)(H,65,76)(H,80,81)/t28-,29+,35-,37-,38-,39-,40-,41-,42-,45-/m0/s1. The van der Waals surface area contributed by atoms with Gasteiger partial charge in [0.1, 0.15) is 48.0 Å². The fourth-order valence-corrected chi connectivity index (χ4v) is 8.98. The number of fused-ring (bicyclic) bond motifs is 1. The van der Waals surface area contributed by atoms with Crippen molar-refractivity contribution >= 4 is 75.9 Å². The number of benzene rings is 3. The molecular weight excluding hydrogens is 1060 g/mol. The molecule has 0 spiro atoms. The third-order valence-electron chi connectivity index (χ3n) is 13.4. The van der Waals surface area contributed by atoms with Crippen LogP contribution in [0.1, 0.15) is 69.1 Å². The van der Waals surface area contributed by atoms with Gasteiger partial charge in [0.25, 0.3) is 0 Å². The van der Waals surface area contributed by atoms with E-state index in [1.807, 2.05) is 0 Å². The van der Waals surface area contributed by atoms with Gasteiger partial charge in [-0.05, 0) is 74.4 Å². The number of nitrogens with zero attached hydrogens (tertiary/aromatic N) is 1. The van der Waals surface area contributed by atoms with Crippen LogP contribution in [0.15, 0.2) is 85.1 Å². The highest BCUT2D eigenvalue weighted by Crippen LogP contribution is 2.22. The van der Waals surface area contributed by atoms with Gasteiger partial charge in [0.2, 0.25) is 59.1 Å². The molecule has 2 heterocycles. The third-order valence-corrected chi connectivity index (χ3v) is 13.4. The SMILES string of the molecule is C[C@H](NC(=O)[C@H](CO)NC(=O)[C@H](Cc1c[nH]c2ccccc12)NC(=O)[C@H](Cc1ccccc1)NC(=O)[C@H](CCC(N)=O)NC(=O)[C@@H](N)CCC(N)=O)C(=O)N1CCC[C@H]1C(=O)N[C@@H](Cc1ccc(O)cc1)C(=O)N[C@H](C(=O)O)[C@@H](C)O. The predicted molar refractivity (Wildman–Crippen MR) is 289 cm³/mol. The smallest absolute Gasteiger partial charge is 0.328 e. The zero-order chi connectivity index (χ0) is 59.5. The Labute approximate surface area is 464 Å². The number of likely N-dealkylation sites (tertiary alicyclic amines) is 1. The van der Waals surface area contributed by atoms with E-state index in [4.69, 9.17) is 17.2 Å². The highest BCUT2D eigenvalue weighted by Gasteiger charge is 2.40. The molecule has 0 bridgehead atoms. The van der Waals surface area contributed by atoms with Crippen molar-refractivity contribution in [1.82, 2.24) is 47.1 Å². The number of aromatic amines is 1. The number of rotatable bonds is 30. The van der Waals surface area contributed by atoms with Crippen molar-refractivity contribution in [1.29, 1.82) is 0 Å². The van der Waals surface area contributed by atoms with Crippen molar-refractivity contribution in [3.63, 3.8) is 0 Å². The van der Waals surface area contributed by atoms with Gasteiger partial charge in [-0.15, -0.1) is 0 Å². The first kappa shape index (κ1) is 62.9. The van der Waals surface area contributed by atoms with E-state index in [9.17, 15) is 73.2 Å². The van der Waals surface area contributed by atoms with Gasteiger partial charge in [-0.25, -0.2) is 4.79 Å². The molecule has 5 rings (SSSR count). The van der Waals surface area contributed by atoms with Gasteiger partial charge < -0.3 is 84.7 Å². The zero-order valence-electron chi connectivity index (χ0n) is 44.6. The van der Waals surface area contributed by atoms with Gasteiger partial charge in [-0.1, -0.05) is 60.7 Å². The number of amides is 10. The van der Waals surface area contributed by atoms with Crippen molar-refractivity contribution in [3.8, 4) is 5.75 Å². The number of hydrogen-bond acceptors (Lipinski definition) is 15. The fourth-order valence-electron chi connectivity index (χ4n) is 8.98. The summed E-state index contributed by atoms with van der Waals surface area (Å²) >= 11 is 0. The Morgan fingerprint density at radius 1 is 0.630 bits per heavy atom. The summed E-state index contributed by atoms with van der Waals surface area (Å²) in [6.45, 7) is 1.48. The maximum Gasteiger partial charge on any atom is 0.328 e. The second kappa shape index (κ2) is 29.9. The van der Waals surface area contributed by atoms with E-state index in [1.165, 1.54) is 36.1 Å². The molecule has 4 aromatic rings. The number of nitrogens with two attached hydrogens (primary N) is 3. The summed E-state index contributed by atoms with van der Waals surface area (Å²) in [5.74, 6) is -10.5. The number of phenolic OH excluding ortho intramolecular Hbond substituents is 1. The minimum atomic E-state index is -1.74. The van der Waals surface area contributed by atoms with Crippen molar-refractivity contribution < 1.29 is 73.2 Å².